The molecule has 0 aliphatic rings. The van der Waals surface area contributed by atoms with Crippen molar-refractivity contribution in [2.24, 2.45) is 0 Å². The van der Waals surface area contributed by atoms with E-state index in [4.69, 9.17) is 4.52 Å². The molecule has 6 heteroatoms. The van der Waals surface area contributed by atoms with Crippen molar-refractivity contribution in [3.05, 3.63) is 0 Å². The molecular formula is C7H18O4P2. The summed E-state index contributed by atoms with van der Waals surface area (Å²) >= 11 is 0. The summed E-state index contributed by atoms with van der Waals surface area (Å²) in [6.45, 7) is 6.55. The molecule has 0 radical (unpaired) electrons. The van der Waals surface area contributed by atoms with Crippen LogP contribution in [0.1, 0.15) is 20.3 Å². The SMILES string of the molecule is CCC(C)OP(=O)(O)CP(C)(C)=O. The average molecular weight is 228 g/mol. The van der Waals surface area contributed by atoms with Gasteiger partial charge in [-0.15, -0.1) is 0 Å². The lowest BCUT2D eigenvalue weighted by Gasteiger charge is -2.18. The van der Waals surface area contributed by atoms with Gasteiger partial charge in [0.2, 0.25) is 0 Å². The van der Waals surface area contributed by atoms with E-state index in [2.05, 4.69) is 0 Å². The molecule has 4 nitrogen and oxygen atoms in total. The van der Waals surface area contributed by atoms with Crippen LogP contribution in [0.4, 0.5) is 0 Å². The monoisotopic (exact) mass is 228 g/mol. The standard InChI is InChI=1S/C7H18O4P2/c1-5-7(2)11-13(9,10)6-12(3,4)8/h7H,5-6H2,1-4H3,(H,9,10). The highest BCUT2D eigenvalue weighted by Gasteiger charge is 2.28. The maximum absolute atomic E-state index is 11.4. The Hall–Kier alpha value is 0.380. The van der Waals surface area contributed by atoms with Gasteiger partial charge >= 0.3 is 7.60 Å². The first-order valence-electron chi connectivity index (χ1n) is 4.20. The van der Waals surface area contributed by atoms with E-state index in [9.17, 15) is 14.0 Å². The molecule has 2 unspecified atom stereocenters. The zero-order chi connectivity index (χ0) is 10.7. The van der Waals surface area contributed by atoms with Crippen molar-refractivity contribution >= 4 is 14.7 Å². The van der Waals surface area contributed by atoms with Crippen molar-refractivity contribution in [3.63, 3.8) is 0 Å². The third kappa shape index (κ3) is 7.45. The van der Waals surface area contributed by atoms with E-state index in [-0.39, 0.29) is 12.0 Å². The maximum atomic E-state index is 11.4. The molecule has 0 saturated carbocycles. The van der Waals surface area contributed by atoms with E-state index >= 15 is 0 Å². The third-order valence-corrected chi connectivity index (χ3v) is 6.28. The van der Waals surface area contributed by atoms with Crippen LogP contribution < -0.4 is 0 Å². The number of rotatable bonds is 5. The van der Waals surface area contributed by atoms with Crippen LogP contribution in [0, 0.1) is 0 Å². The molecule has 1 N–H and O–H groups in total. The van der Waals surface area contributed by atoms with Gasteiger partial charge in [0.05, 0.1) is 13.2 Å². The molecule has 80 valence electrons. The van der Waals surface area contributed by atoms with Gasteiger partial charge in [0.15, 0.2) is 0 Å². The van der Waals surface area contributed by atoms with E-state index in [1.54, 1.807) is 6.92 Å². The first kappa shape index (κ1) is 13.4. The highest BCUT2D eigenvalue weighted by Crippen LogP contribution is 2.56. The lowest BCUT2D eigenvalue weighted by atomic mass is 10.3. The summed E-state index contributed by atoms with van der Waals surface area (Å²) in [7, 11) is -6.14. The molecule has 13 heavy (non-hydrogen) atoms. The molecule has 0 bridgehead atoms. The topological polar surface area (TPSA) is 63.6 Å². The molecule has 0 fully saturated rings. The summed E-state index contributed by atoms with van der Waals surface area (Å²) in [5.41, 5.74) is 0. The summed E-state index contributed by atoms with van der Waals surface area (Å²) in [6.07, 6.45) is 0.407. The molecule has 0 amide bonds. The minimum Gasteiger partial charge on any atom is -0.324 e. The van der Waals surface area contributed by atoms with E-state index in [0.717, 1.165) is 0 Å². The second-order valence-corrected chi connectivity index (χ2v) is 9.44. The Labute approximate surface area is 79.6 Å². The van der Waals surface area contributed by atoms with Crippen LogP contribution >= 0.6 is 14.7 Å². The van der Waals surface area contributed by atoms with Gasteiger partial charge < -0.3 is 14.0 Å². The van der Waals surface area contributed by atoms with E-state index in [1.165, 1.54) is 13.3 Å². The Morgan fingerprint density at radius 3 is 2.15 bits per heavy atom. The molecule has 0 aromatic rings. The zero-order valence-electron chi connectivity index (χ0n) is 8.56. The Kier molecular flexibility index (Phi) is 4.88. The first-order chi connectivity index (χ1) is 5.66. The van der Waals surface area contributed by atoms with Crippen LogP contribution in [0.25, 0.3) is 0 Å². The summed E-state index contributed by atoms with van der Waals surface area (Å²) in [5, 5.41) is 0. The van der Waals surface area contributed by atoms with Crippen LogP contribution in [0.5, 0.6) is 0 Å². The normalized spacial score (nSPS) is 19.5. The minimum atomic E-state index is -3.65. The first-order valence-corrected chi connectivity index (χ1v) is 8.75. The summed E-state index contributed by atoms with van der Waals surface area (Å²) in [5.74, 6) is -0.232. The predicted octanol–water partition coefficient (Wildman–Crippen LogP) is 2.57. The summed E-state index contributed by atoms with van der Waals surface area (Å²) in [4.78, 5) is 9.31. The zero-order valence-corrected chi connectivity index (χ0v) is 10.3. The molecule has 0 rings (SSSR count). The third-order valence-electron chi connectivity index (χ3n) is 1.44. The van der Waals surface area contributed by atoms with Gasteiger partial charge in [-0.2, -0.15) is 0 Å². The average Bonchev–Trinajstić information content (AvgIpc) is 1.80. The molecule has 0 aliphatic heterocycles. The van der Waals surface area contributed by atoms with Gasteiger partial charge in [0.25, 0.3) is 0 Å². The molecule has 0 saturated heterocycles. The fourth-order valence-electron chi connectivity index (χ4n) is 0.819. The van der Waals surface area contributed by atoms with Crippen molar-refractivity contribution in [2.45, 2.75) is 26.4 Å². The summed E-state index contributed by atoms with van der Waals surface area (Å²) < 4.78 is 27.5. The van der Waals surface area contributed by atoms with Crippen molar-refractivity contribution < 1.29 is 18.5 Å². The lowest BCUT2D eigenvalue weighted by molar-refractivity contribution is 0.188. The van der Waals surface area contributed by atoms with Gasteiger partial charge in [0.1, 0.15) is 5.90 Å². The maximum Gasteiger partial charge on any atom is 0.335 e. The predicted molar refractivity (Wildman–Crippen MR) is 55.0 cm³/mol. The van der Waals surface area contributed by atoms with Crippen LogP contribution in [0.15, 0.2) is 0 Å². The largest absolute Gasteiger partial charge is 0.335 e. The number of hydrogen-bond donors (Lipinski definition) is 1. The van der Waals surface area contributed by atoms with Crippen molar-refractivity contribution in [1.29, 1.82) is 0 Å². The molecule has 0 heterocycles. The van der Waals surface area contributed by atoms with Gasteiger partial charge in [0, 0.05) is 0 Å². The molecule has 0 spiro atoms. The van der Waals surface area contributed by atoms with Crippen molar-refractivity contribution in [2.75, 3.05) is 19.2 Å². The van der Waals surface area contributed by atoms with E-state index in [1.807, 2.05) is 6.92 Å². The highest BCUT2D eigenvalue weighted by atomic mass is 31.2. The van der Waals surface area contributed by atoms with Crippen molar-refractivity contribution in [1.82, 2.24) is 0 Å². The highest BCUT2D eigenvalue weighted by molar-refractivity contribution is 7.75. The Bertz CT molecular complexity index is 245. The smallest absolute Gasteiger partial charge is 0.324 e. The van der Waals surface area contributed by atoms with Crippen LogP contribution in [-0.4, -0.2) is 30.2 Å². The second kappa shape index (κ2) is 4.75. The fraction of sp³-hybridized carbons (Fsp3) is 1.00. The Morgan fingerprint density at radius 2 is 1.85 bits per heavy atom. The molecule has 0 aliphatic carbocycles. The van der Waals surface area contributed by atoms with Gasteiger partial charge in [-0.1, -0.05) is 6.92 Å². The Morgan fingerprint density at radius 1 is 1.38 bits per heavy atom. The second-order valence-electron chi connectivity index (χ2n) is 3.68. The number of hydrogen-bond acceptors (Lipinski definition) is 3. The Balaban J connectivity index is 4.26. The molecule has 0 aromatic heterocycles. The quantitative estimate of drug-likeness (QED) is 0.734. The van der Waals surface area contributed by atoms with Gasteiger partial charge in [-0.05, 0) is 26.7 Å². The van der Waals surface area contributed by atoms with Gasteiger partial charge in [-0.25, -0.2) is 0 Å². The minimum absolute atomic E-state index is 0.232. The van der Waals surface area contributed by atoms with Crippen LogP contribution in [-0.2, 0) is 13.7 Å². The van der Waals surface area contributed by atoms with Crippen molar-refractivity contribution in [3.8, 4) is 0 Å². The molecule has 0 aromatic carbocycles. The molecular weight excluding hydrogens is 210 g/mol. The van der Waals surface area contributed by atoms with E-state index < -0.39 is 14.7 Å². The van der Waals surface area contributed by atoms with Crippen LogP contribution in [0.2, 0.25) is 0 Å². The fourth-order valence-corrected chi connectivity index (χ4v) is 5.24. The van der Waals surface area contributed by atoms with Gasteiger partial charge in [-0.3, -0.25) is 4.57 Å². The van der Waals surface area contributed by atoms with Crippen LogP contribution in [0.3, 0.4) is 0 Å². The summed E-state index contributed by atoms with van der Waals surface area (Å²) in [6, 6.07) is 0. The van der Waals surface area contributed by atoms with E-state index in [0.29, 0.717) is 6.42 Å². The lowest BCUT2D eigenvalue weighted by Crippen LogP contribution is -2.06. The molecule has 2 atom stereocenters.